The predicted octanol–water partition coefficient (Wildman–Crippen LogP) is 2.53. The molecule has 5 nitrogen and oxygen atoms in total. The van der Waals surface area contributed by atoms with Crippen LogP contribution in [0, 0.1) is 6.92 Å². The second kappa shape index (κ2) is 9.38. The third-order valence-electron chi connectivity index (χ3n) is 5.75. The fourth-order valence-corrected chi connectivity index (χ4v) is 4.02. The molecule has 0 aliphatic carbocycles. The van der Waals surface area contributed by atoms with E-state index in [0.29, 0.717) is 18.4 Å². The summed E-state index contributed by atoms with van der Waals surface area (Å²) in [7, 11) is 0. The number of rotatable bonds is 5. The van der Waals surface area contributed by atoms with Crippen molar-refractivity contribution in [1.29, 1.82) is 0 Å². The van der Waals surface area contributed by atoms with E-state index in [4.69, 9.17) is 4.74 Å². The number of nitrogens with zero attached hydrogens (tertiary/aromatic N) is 3. The molecule has 0 bridgehead atoms. The Labute approximate surface area is 157 Å². The number of hydrogen-bond acceptors (Lipinski definition) is 4. The highest BCUT2D eigenvalue weighted by Gasteiger charge is 2.22. The summed E-state index contributed by atoms with van der Waals surface area (Å²) < 4.78 is 5.42. The molecule has 2 aliphatic rings. The second-order valence-corrected chi connectivity index (χ2v) is 7.54. The SMILES string of the molecule is Cc1ccccc1N1CCCN(C(=O)CCC(C)N2CCOCC2)CC1. The van der Waals surface area contributed by atoms with Crippen LogP contribution in [-0.4, -0.2) is 74.2 Å². The van der Waals surface area contributed by atoms with Crippen molar-refractivity contribution in [3.8, 4) is 0 Å². The van der Waals surface area contributed by atoms with Crippen LogP contribution < -0.4 is 4.90 Å². The lowest BCUT2D eigenvalue weighted by atomic mass is 10.1. The topological polar surface area (TPSA) is 36.0 Å². The summed E-state index contributed by atoms with van der Waals surface area (Å²) in [5, 5.41) is 0. The van der Waals surface area contributed by atoms with E-state index in [9.17, 15) is 4.79 Å². The zero-order chi connectivity index (χ0) is 18.4. The number of aryl methyl sites for hydroxylation is 1. The third kappa shape index (κ3) is 4.98. The van der Waals surface area contributed by atoms with Crippen molar-refractivity contribution in [3.05, 3.63) is 29.8 Å². The molecule has 2 heterocycles. The molecule has 2 saturated heterocycles. The quantitative estimate of drug-likeness (QED) is 0.809. The van der Waals surface area contributed by atoms with Gasteiger partial charge in [0.15, 0.2) is 0 Å². The van der Waals surface area contributed by atoms with E-state index in [2.05, 4.69) is 52.8 Å². The molecule has 1 aromatic rings. The summed E-state index contributed by atoms with van der Waals surface area (Å²) in [6, 6.07) is 9.00. The summed E-state index contributed by atoms with van der Waals surface area (Å²) in [5.41, 5.74) is 2.62. The van der Waals surface area contributed by atoms with Crippen LogP contribution >= 0.6 is 0 Å². The average Bonchev–Trinajstić information content (AvgIpc) is 2.93. The van der Waals surface area contributed by atoms with Crippen LogP contribution in [0.15, 0.2) is 24.3 Å². The van der Waals surface area contributed by atoms with Gasteiger partial charge in [-0.3, -0.25) is 9.69 Å². The van der Waals surface area contributed by atoms with Crippen LogP contribution in [0.4, 0.5) is 5.69 Å². The Kier molecular flexibility index (Phi) is 6.92. The van der Waals surface area contributed by atoms with Gasteiger partial charge in [0, 0.05) is 57.4 Å². The molecule has 2 fully saturated rings. The van der Waals surface area contributed by atoms with Gasteiger partial charge in [-0.25, -0.2) is 0 Å². The summed E-state index contributed by atoms with van der Waals surface area (Å²) >= 11 is 0. The van der Waals surface area contributed by atoms with Crippen molar-refractivity contribution in [3.63, 3.8) is 0 Å². The van der Waals surface area contributed by atoms with Crippen molar-refractivity contribution >= 4 is 11.6 Å². The van der Waals surface area contributed by atoms with E-state index in [1.165, 1.54) is 11.3 Å². The molecule has 3 rings (SSSR count). The zero-order valence-electron chi connectivity index (χ0n) is 16.3. The third-order valence-corrected chi connectivity index (χ3v) is 5.75. The van der Waals surface area contributed by atoms with E-state index < -0.39 is 0 Å². The maximum absolute atomic E-state index is 12.7. The van der Waals surface area contributed by atoms with E-state index in [1.807, 2.05) is 0 Å². The van der Waals surface area contributed by atoms with Gasteiger partial charge in [-0.1, -0.05) is 18.2 Å². The molecular weight excluding hydrogens is 326 g/mol. The largest absolute Gasteiger partial charge is 0.379 e. The molecule has 144 valence electrons. The van der Waals surface area contributed by atoms with Crippen LogP contribution in [0.5, 0.6) is 0 Å². The van der Waals surface area contributed by atoms with Gasteiger partial charge >= 0.3 is 0 Å². The maximum Gasteiger partial charge on any atom is 0.222 e. The molecule has 26 heavy (non-hydrogen) atoms. The van der Waals surface area contributed by atoms with Crippen molar-refractivity contribution in [2.45, 2.75) is 39.2 Å². The minimum absolute atomic E-state index is 0.316. The van der Waals surface area contributed by atoms with Crippen LogP contribution in [-0.2, 0) is 9.53 Å². The number of ether oxygens (including phenoxy) is 1. The standard InChI is InChI=1S/C21H33N3O2/c1-18-6-3-4-7-20(18)23-10-5-11-24(13-12-23)21(25)9-8-19(2)22-14-16-26-17-15-22/h3-4,6-7,19H,5,8-17H2,1-2H3. The summed E-state index contributed by atoms with van der Waals surface area (Å²) in [6.45, 7) is 11.7. The normalized spacial score (nSPS) is 20.7. The minimum atomic E-state index is 0.316. The Morgan fingerprint density at radius 3 is 2.62 bits per heavy atom. The van der Waals surface area contributed by atoms with Gasteiger partial charge < -0.3 is 14.5 Å². The van der Waals surface area contributed by atoms with E-state index >= 15 is 0 Å². The fourth-order valence-electron chi connectivity index (χ4n) is 4.02. The van der Waals surface area contributed by atoms with Crippen molar-refractivity contribution in [2.24, 2.45) is 0 Å². The molecular formula is C21H33N3O2. The molecule has 2 aliphatic heterocycles. The first-order valence-electron chi connectivity index (χ1n) is 10.1. The lowest BCUT2D eigenvalue weighted by Gasteiger charge is -2.32. The van der Waals surface area contributed by atoms with Gasteiger partial charge in [0.2, 0.25) is 5.91 Å². The zero-order valence-corrected chi connectivity index (χ0v) is 16.3. The maximum atomic E-state index is 12.7. The Morgan fingerprint density at radius 2 is 1.85 bits per heavy atom. The first-order valence-corrected chi connectivity index (χ1v) is 10.1. The van der Waals surface area contributed by atoms with Gasteiger partial charge in [0.25, 0.3) is 0 Å². The lowest BCUT2D eigenvalue weighted by Crippen LogP contribution is -2.43. The monoisotopic (exact) mass is 359 g/mol. The second-order valence-electron chi connectivity index (χ2n) is 7.54. The molecule has 1 unspecified atom stereocenters. The van der Waals surface area contributed by atoms with Gasteiger partial charge in [-0.15, -0.1) is 0 Å². The summed E-state index contributed by atoms with van der Waals surface area (Å²) in [5.74, 6) is 0.316. The van der Waals surface area contributed by atoms with Crippen LogP contribution in [0.1, 0.15) is 31.7 Å². The number of hydrogen-bond donors (Lipinski definition) is 0. The molecule has 5 heteroatoms. The van der Waals surface area contributed by atoms with Crippen LogP contribution in [0.3, 0.4) is 0 Å². The highest BCUT2D eigenvalue weighted by atomic mass is 16.5. The Morgan fingerprint density at radius 1 is 1.08 bits per heavy atom. The fraction of sp³-hybridized carbons (Fsp3) is 0.667. The molecule has 0 spiro atoms. The molecule has 1 amide bonds. The highest BCUT2D eigenvalue weighted by molar-refractivity contribution is 5.76. The molecule has 1 aromatic carbocycles. The van der Waals surface area contributed by atoms with E-state index in [-0.39, 0.29) is 0 Å². The van der Waals surface area contributed by atoms with Gasteiger partial charge in [-0.2, -0.15) is 0 Å². The summed E-state index contributed by atoms with van der Waals surface area (Å²) in [6.07, 6.45) is 2.64. The van der Waals surface area contributed by atoms with Crippen molar-refractivity contribution in [1.82, 2.24) is 9.80 Å². The van der Waals surface area contributed by atoms with Gasteiger partial charge in [-0.05, 0) is 38.3 Å². The van der Waals surface area contributed by atoms with E-state index in [0.717, 1.165) is 65.3 Å². The van der Waals surface area contributed by atoms with Crippen molar-refractivity contribution < 1.29 is 9.53 Å². The Balaban J connectivity index is 1.47. The number of carbonyl (C=O) groups is 1. The average molecular weight is 360 g/mol. The Hall–Kier alpha value is -1.59. The van der Waals surface area contributed by atoms with Crippen LogP contribution in [0.2, 0.25) is 0 Å². The van der Waals surface area contributed by atoms with E-state index in [1.54, 1.807) is 0 Å². The molecule has 0 aromatic heterocycles. The van der Waals surface area contributed by atoms with Gasteiger partial charge in [0.05, 0.1) is 13.2 Å². The van der Waals surface area contributed by atoms with Crippen molar-refractivity contribution in [2.75, 3.05) is 57.4 Å². The first kappa shape index (κ1) is 19.2. The number of morpholine rings is 1. The first-order chi connectivity index (χ1) is 12.6. The van der Waals surface area contributed by atoms with Crippen LogP contribution in [0.25, 0.3) is 0 Å². The smallest absolute Gasteiger partial charge is 0.222 e. The number of amides is 1. The Bertz CT molecular complexity index is 586. The molecule has 1 atom stereocenters. The number of anilines is 1. The number of para-hydroxylation sites is 1. The van der Waals surface area contributed by atoms with Gasteiger partial charge in [0.1, 0.15) is 0 Å². The highest BCUT2D eigenvalue weighted by Crippen LogP contribution is 2.21. The minimum Gasteiger partial charge on any atom is -0.379 e. The predicted molar refractivity (Wildman–Crippen MR) is 106 cm³/mol. The molecule has 0 radical (unpaired) electrons. The lowest BCUT2D eigenvalue weighted by molar-refractivity contribution is -0.131. The number of benzene rings is 1. The molecule has 0 saturated carbocycles. The number of carbonyl (C=O) groups excluding carboxylic acids is 1. The molecule has 0 N–H and O–H groups in total. The summed E-state index contributed by atoms with van der Waals surface area (Å²) in [4.78, 5) is 19.7.